The monoisotopic (exact) mass is 378 g/mol. The Morgan fingerprint density at radius 3 is 2.04 bits per heavy atom. The Hall–Kier alpha value is -0.0231. The van der Waals surface area contributed by atoms with Crippen molar-refractivity contribution in [3.8, 4) is 0 Å². The molecule has 1 rings (SSSR count). The Morgan fingerprint density at radius 2 is 1.56 bits per heavy atom. The van der Waals surface area contributed by atoms with E-state index in [1.54, 1.807) is 0 Å². The van der Waals surface area contributed by atoms with Gasteiger partial charge in [-0.1, -0.05) is 26.7 Å². The molecule has 1 aliphatic heterocycles. The second kappa shape index (κ2) is 12.4. The first-order valence-electron chi connectivity index (χ1n) is 9.84. The fraction of sp³-hybridized carbons (Fsp3) is 1.00. The van der Waals surface area contributed by atoms with Gasteiger partial charge in [0.05, 0.1) is 18.8 Å². The molecule has 1 atom stereocenters. The van der Waals surface area contributed by atoms with Crippen molar-refractivity contribution in [1.29, 1.82) is 0 Å². The van der Waals surface area contributed by atoms with E-state index < -0.39 is 9.05 Å². The summed E-state index contributed by atoms with van der Waals surface area (Å²) in [5.41, 5.74) is -0.278. The SMILES string of the molecule is CCCC(C)(CCC)O[Si](OCC)(OCC)OCCCOCC1CO1. The van der Waals surface area contributed by atoms with Gasteiger partial charge in [0.2, 0.25) is 0 Å². The van der Waals surface area contributed by atoms with Crippen molar-refractivity contribution in [2.45, 2.75) is 78.4 Å². The van der Waals surface area contributed by atoms with Crippen molar-refractivity contribution in [3.05, 3.63) is 0 Å². The Labute approximate surface area is 154 Å². The molecule has 0 saturated carbocycles. The third kappa shape index (κ3) is 9.47. The fourth-order valence-electron chi connectivity index (χ4n) is 2.89. The lowest BCUT2D eigenvalue weighted by Gasteiger charge is -2.37. The molecule has 0 N–H and O–H groups in total. The van der Waals surface area contributed by atoms with Gasteiger partial charge in [-0.2, -0.15) is 0 Å². The summed E-state index contributed by atoms with van der Waals surface area (Å²) in [4.78, 5) is 0. The van der Waals surface area contributed by atoms with Gasteiger partial charge in [0, 0.05) is 26.4 Å². The van der Waals surface area contributed by atoms with Crippen LogP contribution in [0.3, 0.4) is 0 Å². The van der Waals surface area contributed by atoms with E-state index in [1.807, 2.05) is 13.8 Å². The zero-order chi connectivity index (χ0) is 18.6. The molecule has 1 heterocycles. The molecular formula is C18H38O6Si. The second-order valence-corrected chi connectivity index (χ2v) is 8.72. The fourth-order valence-corrected chi connectivity index (χ4v) is 5.23. The van der Waals surface area contributed by atoms with Gasteiger partial charge in [-0.3, -0.25) is 0 Å². The van der Waals surface area contributed by atoms with Crippen LogP contribution >= 0.6 is 0 Å². The third-order valence-electron chi connectivity index (χ3n) is 3.99. The van der Waals surface area contributed by atoms with Crippen LogP contribution in [0.25, 0.3) is 0 Å². The normalized spacial score (nSPS) is 17.9. The van der Waals surface area contributed by atoms with Crippen LogP contribution in [0, 0.1) is 0 Å². The first-order valence-corrected chi connectivity index (χ1v) is 11.5. The molecule has 1 aliphatic rings. The number of epoxide rings is 1. The van der Waals surface area contributed by atoms with Gasteiger partial charge in [-0.25, -0.2) is 0 Å². The summed E-state index contributed by atoms with van der Waals surface area (Å²) in [5.74, 6) is 0. The summed E-state index contributed by atoms with van der Waals surface area (Å²) in [6, 6.07) is 0. The third-order valence-corrected chi connectivity index (χ3v) is 6.57. The Kier molecular flexibility index (Phi) is 11.4. The van der Waals surface area contributed by atoms with Gasteiger partial charge in [0.15, 0.2) is 0 Å². The predicted molar refractivity (Wildman–Crippen MR) is 99.4 cm³/mol. The van der Waals surface area contributed by atoms with Crippen molar-refractivity contribution in [2.24, 2.45) is 0 Å². The van der Waals surface area contributed by atoms with E-state index in [1.165, 1.54) is 0 Å². The molecule has 7 heteroatoms. The number of hydrogen-bond acceptors (Lipinski definition) is 6. The maximum atomic E-state index is 6.45. The van der Waals surface area contributed by atoms with Gasteiger partial charge in [-0.15, -0.1) is 0 Å². The van der Waals surface area contributed by atoms with E-state index in [4.69, 9.17) is 27.2 Å². The quantitative estimate of drug-likeness (QED) is 0.219. The lowest BCUT2D eigenvalue weighted by Crippen LogP contribution is -2.55. The van der Waals surface area contributed by atoms with Crippen LogP contribution in [0.2, 0.25) is 0 Å². The van der Waals surface area contributed by atoms with Gasteiger partial charge in [0.1, 0.15) is 6.10 Å². The molecule has 1 saturated heterocycles. The zero-order valence-electron chi connectivity index (χ0n) is 16.8. The molecule has 0 aromatic rings. The van der Waals surface area contributed by atoms with Gasteiger partial charge in [0.25, 0.3) is 0 Å². The number of rotatable bonds is 17. The highest BCUT2D eigenvalue weighted by Crippen LogP contribution is 2.29. The smallest absolute Gasteiger partial charge is 0.379 e. The number of ether oxygens (including phenoxy) is 2. The summed E-state index contributed by atoms with van der Waals surface area (Å²) in [7, 11) is -3.16. The first kappa shape index (κ1) is 23.0. The molecule has 0 aliphatic carbocycles. The van der Waals surface area contributed by atoms with Crippen LogP contribution in [0.1, 0.15) is 66.7 Å². The number of hydrogen-bond donors (Lipinski definition) is 0. The molecule has 1 unspecified atom stereocenters. The predicted octanol–water partition coefficient (Wildman–Crippen LogP) is 3.69. The zero-order valence-corrected chi connectivity index (χ0v) is 17.8. The van der Waals surface area contributed by atoms with E-state index in [0.29, 0.717) is 39.1 Å². The molecule has 1 fully saturated rings. The summed E-state index contributed by atoms with van der Waals surface area (Å²) in [6.07, 6.45) is 5.11. The highest BCUT2D eigenvalue weighted by Gasteiger charge is 2.50. The molecule has 6 nitrogen and oxygen atoms in total. The molecular weight excluding hydrogens is 340 g/mol. The Balaban J connectivity index is 2.56. The summed E-state index contributed by atoms with van der Waals surface area (Å²) in [5, 5.41) is 0. The van der Waals surface area contributed by atoms with E-state index in [9.17, 15) is 0 Å². The van der Waals surface area contributed by atoms with Gasteiger partial charge < -0.3 is 27.2 Å². The molecule has 150 valence electrons. The van der Waals surface area contributed by atoms with Crippen molar-refractivity contribution in [2.75, 3.05) is 39.6 Å². The Bertz CT molecular complexity index is 326. The van der Waals surface area contributed by atoms with Crippen LogP contribution in [-0.4, -0.2) is 60.4 Å². The van der Waals surface area contributed by atoms with E-state index in [2.05, 4.69) is 20.8 Å². The lowest BCUT2D eigenvalue weighted by atomic mass is 9.95. The highest BCUT2D eigenvalue weighted by atomic mass is 28.4. The van der Waals surface area contributed by atoms with Crippen molar-refractivity contribution in [1.82, 2.24) is 0 Å². The summed E-state index contributed by atoms with van der Waals surface area (Å²) in [6.45, 7) is 14.0. The van der Waals surface area contributed by atoms with Crippen molar-refractivity contribution < 1.29 is 27.2 Å². The minimum atomic E-state index is -3.16. The minimum Gasteiger partial charge on any atom is -0.379 e. The van der Waals surface area contributed by atoms with Crippen LogP contribution in [-0.2, 0) is 27.2 Å². The van der Waals surface area contributed by atoms with Gasteiger partial charge in [-0.05, 0) is 40.0 Å². The maximum absolute atomic E-state index is 6.45. The molecule has 0 radical (unpaired) electrons. The molecule has 0 aromatic carbocycles. The van der Waals surface area contributed by atoms with Crippen LogP contribution in [0.15, 0.2) is 0 Å². The molecule has 0 bridgehead atoms. The highest BCUT2D eigenvalue weighted by molar-refractivity contribution is 6.53. The summed E-state index contributed by atoms with van der Waals surface area (Å²) >= 11 is 0. The second-order valence-electron chi connectivity index (χ2n) is 6.65. The Morgan fingerprint density at radius 1 is 0.960 bits per heavy atom. The minimum absolute atomic E-state index is 0.278. The van der Waals surface area contributed by atoms with Crippen LogP contribution in [0.4, 0.5) is 0 Å². The van der Waals surface area contributed by atoms with Crippen LogP contribution < -0.4 is 0 Å². The molecule has 0 spiro atoms. The standard InChI is InChI=1S/C18H38O6Si/c1-6-11-18(5,12-7-2)24-25(21-8-3,22-9-4)23-14-10-13-19-15-17-16-20-17/h17H,6-16H2,1-5H3. The summed E-state index contributed by atoms with van der Waals surface area (Å²) < 4.78 is 35.1. The lowest BCUT2D eigenvalue weighted by molar-refractivity contribution is -0.0928. The van der Waals surface area contributed by atoms with E-state index >= 15 is 0 Å². The topological polar surface area (TPSA) is 58.7 Å². The molecule has 0 amide bonds. The largest absolute Gasteiger partial charge is 0.680 e. The molecule has 0 aromatic heterocycles. The average molecular weight is 379 g/mol. The van der Waals surface area contributed by atoms with Crippen LogP contribution in [0.5, 0.6) is 0 Å². The maximum Gasteiger partial charge on any atom is 0.680 e. The van der Waals surface area contributed by atoms with Crippen molar-refractivity contribution in [3.63, 3.8) is 0 Å². The molecule has 25 heavy (non-hydrogen) atoms. The van der Waals surface area contributed by atoms with Gasteiger partial charge >= 0.3 is 9.05 Å². The average Bonchev–Trinajstić information content (AvgIpc) is 3.36. The van der Waals surface area contributed by atoms with E-state index in [0.717, 1.165) is 38.7 Å². The van der Waals surface area contributed by atoms with E-state index in [-0.39, 0.29) is 5.60 Å². The first-order chi connectivity index (χ1) is 12.0. The van der Waals surface area contributed by atoms with Crippen molar-refractivity contribution >= 4 is 9.05 Å².